The lowest BCUT2D eigenvalue weighted by atomic mass is 9.94. The highest BCUT2D eigenvalue weighted by atomic mass is 16.6. The molecule has 7 nitrogen and oxygen atoms in total. The molecule has 1 saturated carbocycles. The summed E-state index contributed by atoms with van der Waals surface area (Å²) in [5.74, 6) is 0.494. The molecule has 2 rings (SSSR count). The van der Waals surface area contributed by atoms with E-state index in [1.807, 2.05) is 0 Å². The third-order valence-corrected chi connectivity index (χ3v) is 3.43. The van der Waals surface area contributed by atoms with Gasteiger partial charge in [0.2, 0.25) is 0 Å². The van der Waals surface area contributed by atoms with Gasteiger partial charge in [0.25, 0.3) is 5.69 Å². The van der Waals surface area contributed by atoms with Crippen LogP contribution in [-0.2, 0) is 4.74 Å². The molecule has 1 aliphatic rings. The SMILES string of the molecule is NC1CCC(OCCNc2cc([N+](=O)[O-])ccn2)CC1. The first-order valence-corrected chi connectivity index (χ1v) is 6.86. The van der Waals surface area contributed by atoms with E-state index in [-0.39, 0.29) is 11.8 Å². The largest absolute Gasteiger partial charge is 0.376 e. The Hall–Kier alpha value is -1.73. The fourth-order valence-electron chi connectivity index (χ4n) is 2.29. The lowest BCUT2D eigenvalue weighted by Gasteiger charge is -2.26. The molecule has 0 aliphatic heterocycles. The standard InChI is InChI=1S/C13H20N4O3/c14-10-1-3-12(4-2-10)20-8-7-16-13-9-11(17(18)19)5-6-15-13/h5-6,9-10,12H,1-4,7-8,14H2,(H,15,16). The van der Waals surface area contributed by atoms with E-state index in [0.29, 0.717) is 25.0 Å². The zero-order valence-corrected chi connectivity index (χ0v) is 11.3. The molecule has 1 aliphatic carbocycles. The van der Waals surface area contributed by atoms with Gasteiger partial charge in [-0.1, -0.05) is 0 Å². The highest BCUT2D eigenvalue weighted by Crippen LogP contribution is 2.19. The van der Waals surface area contributed by atoms with E-state index in [0.717, 1.165) is 25.7 Å². The van der Waals surface area contributed by atoms with Crippen LogP contribution >= 0.6 is 0 Å². The van der Waals surface area contributed by atoms with Gasteiger partial charge in [0, 0.05) is 24.8 Å². The fraction of sp³-hybridized carbons (Fsp3) is 0.615. The topological polar surface area (TPSA) is 103 Å². The summed E-state index contributed by atoms with van der Waals surface area (Å²) < 4.78 is 5.75. The molecule has 0 bridgehead atoms. The Morgan fingerprint density at radius 3 is 2.90 bits per heavy atom. The molecule has 0 saturated heterocycles. The summed E-state index contributed by atoms with van der Waals surface area (Å²) in [6, 6.07) is 3.11. The third kappa shape index (κ3) is 4.43. The number of nitrogens with two attached hydrogens (primary N) is 1. The van der Waals surface area contributed by atoms with Crippen molar-refractivity contribution in [2.75, 3.05) is 18.5 Å². The van der Waals surface area contributed by atoms with Gasteiger partial charge in [0.1, 0.15) is 5.82 Å². The third-order valence-electron chi connectivity index (χ3n) is 3.43. The number of aromatic nitrogens is 1. The van der Waals surface area contributed by atoms with E-state index in [1.54, 1.807) is 0 Å². The Kier molecular flexibility index (Phi) is 5.25. The van der Waals surface area contributed by atoms with Gasteiger partial charge in [-0.3, -0.25) is 10.1 Å². The molecule has 1 aromatic rings. The van der Waals surface area contributed by atoms with Crippen molar-refractivity contribution in [3.63, 3.8) is 0 Å². The maximum absolute atomic E-state index is 10.6. The van der Waals surface area contributed by atoms with Crippen LogP contribution in [0.15, 0.2) is 18.3 Å². The van der Waals surface area contributed by atoms with Crippen LogP contribution in [0, 0.1) is 10.1 Å². The number of hydrogen-bond acceptors (Lipinski definition) is 6. The summed E-state index contributed by atoms with van der Waals surface area (Å²) in [7, 11) is 0. The van der Waals surface area contributed by atoms with Gasteiger partial charge in [0.05, 0.1) is 23.7 Å². The second kappa shape index (κ2) is 7.16. The van der Waals surface area contributed by atoms with Gasteiger partial charge in [-0.05, 0) is 25.7 Å². The van der Waals surface area contributed by atoms with E-state index in [9.17, 15) is 10.1 Å². The van der Waals surface area contributed by atoms with Gasteiger partial charge >= 0.3 is 0 Å². The maximum Gasteiger partial charge on any atom is 0.274 e. The molecular formula is C13H20N4O3. The van der Waals surface area contributed by atoms with Crippen LogP contribution in [0.3, 0.4) is 0 Å². The van der Waals surface area contributed by atoms with E-state index >= 15 is 0 Å². The molecule has 0 spiro atoms. The first kappa shape index (κ1) is 14.7. The molecular weight excluding hydrogens is 260 g/mol. The molecule has 0 radical (unpaired) electrons. The first-order chi connectivity index (χ1) is 9.65. The van der Waals surface area contributed by atoms with Crippen LogP contribution in [0.1, 0.15) is 25.7 Å². The minimum Gasteiger partial charge on any atom is -0.376 e. The molecule has 110 valence electrons. The minimum absolute atomic E-state index is 0.0321. The number of rotatable bonds is 6. The van der Waals surface area contributed by atoms with Crippen LogP contribution in [0.2, 0.25) is 0 Å². The molecule has 0 atom stereocenters. The fourth-order valence-corrected chi connectivity index (χ4v) is 2.29. The molecule has 20 heavy (non-hydrogen) atoms. The number of hydrogen-bond donors (Lipinski definition) is 2. The first-order valence-electron chi connectivity index (χ1n) is 6.86. The van der Waals surface area contributed by atoms with Gasteiger partial charge in [0.15, 0.2) is 0 Å². The number of nitrogens with zero attached hydrogens (tertiary/aromatic N) is 2. The average molecular weight is 280 g/mol. The summed E-state index contributed by atoms with van der Waals surface area (Å²) in [5, 5.41) is 13.7. The van der Waals surface area contributed by atoms with Crippen LogP contribution in [0.5, 0.6) is 0 Å². The quantitative estimate of drug-likeness (QED) is 0.467. The molecule has 0 aromatic carbocycles. The Morgan fingerprint density at radius 2 is 2.20 bits per heavy atom. The average Bonchev–Trinajstić information content (AvgIpc) is 2.46. The van der Waals surface area contributed by atoms with Gasteiger partial charge in [-0.25, -0.2) is 4.98 Å². The predicted molar refractivity (Wildman–Crippen MR) is 75.6 cm³/mol. The zero-order valence-electron chi connectivity index (χ0n) is 11.3. The Morgan fingerprint density at radius 1 is 1.45 bits per heavy atom. The summed E-state index contributed by atoms with van der Waals surface area (Å²) in [5.41, 5.74) is 5.87. The van der Waals surface area contributed by atoms with Crippen LogP contribution in [-0.4, -0.2) is 35.2 Å². The summed E-state index contributed by atoms with van der Waals surface area (Å²) in [4.78, 5) is 14.2. The van der Waals surface area contributed by atoms with Crippen molar-refractivity contribution in [2.45, 2.75) is 37.8 Å². The predicted octanol–water partition coefficient (Wildman–Crippen LogP) is 1.69. The molecule has 1 fully saturated rings. The number of nitro groups is 1. The van der Waals surface area contributed by atoms with Gasteiger partial charge in [-0.15, -0.1) is 0 Å². The number of pyridine rings is 1. The molecule has 1 aromatic heterocycles. The Labute approximate surface area is 117 Å². The van der Waals surface area contributed by atoms with Crippen LogP contribution in [0.4, 0.5) is 11.5 Å². The lowest BCUT2D eigenvalue weighted by Crippen LogP contribution is -2.31. The Bertz CT molecular complexity index is 447. The van der Waals surface area contributed by atoms with E-state index < -0.39 is 4.92 Å². The molecule has 3 N–H and O–H groups in total. The van der Waals surface area contributed by atoms with Gasteiger partial charge in [-0.2, -0.15) is 0 Å². The molecule has 0 unspecified atom stereocenters. The second-order valence-electron chi connectivity index (χ2n) is 4.99. The minimum atomic E-state index is -0.436. The highest BCUT2D eigenvalue weighted by molar-refractivity contribution is 5.44. The smallest absolute Gasteiger partial charge is 0.274 e. The normalized spacial score (nSPS) is 22.4. The second-order valence-corrected chi connectivity index (χ2v) is 4.99. The van der Waals surface area contributed by atoms with Crippen molar-refractivity contribution in [3.8, 4) is 0 Å². The molecule has 7 heteroatoms. The van der Waals surface area contributed by atoms with E-state index in [4.69, 9.17) is 10.5 Å². The number of ether oxygens (including phenoxy) is 1. The Balaban J connectivity index is 1.68. The van der Waals surface area contributed by atoms with Crippen LogP contribution in [0.25, 0.3) is 0 Å². The maximum atomic E-state index is 10.6. The van der Waals surface area contributed by atoms with Crippen molar-refractivity contribution in [1.29, 1.82) is 0 Å². The van der Waals surface area contributed by atoms with Crippen molar-refractivity contribution in [3.05, 3.63) is 28.4 Å². The highest BCUT2D eigenvalue weighted by Gasteiger charge is 2.18. The van der Waals surface area contributed by atoms with Crippen molar-refractivity contribution < 1.29 is 9.66 Å². The van der Waals surface area contributed by atoms with E-state index in [2.05, 4.69) is 10.3 Å². The van der Waals surface area contributed by atoms with Crippen LogP contribution < -0.4 is 11.1 Å². The monoisotopic (exact) mass is 280 g/mol. The molecule has 0 amide bonds. The van der Waals surface area contributed by atoms with Gasteiger partial charge < -0.3 is 15.8 Å². The van der Waals surface area contributed by atoms with Crippen molar-refractivity contribution >= 4 is 11.5 Å². The molecule has 1 heterocycles. The van der Waals surface area contributed by atoms with Crippen molar-refractivity contribution in [2.24, 2.45) is 5.73 Å². The van der Waals surface area contributed by atoms with E-state index in [1.165, 1.54) is 18.3 Å². The zero-order chi connectivity index (χ0) is 14.4. The number of nitrogens with one attached hydrogen (secondary N) is 1. The summed E-state index contributed by atoms with van der Waals surface area (Å²) in [6.07, 6.45) is 5.76. The lowest BCUT2D eigenvalue weighted by molar-refractivity contribution is -0.384. The number of anilines is 1. The summed E-state index contributed by atoms with van der Waals surface area (Å²) >= 11 is 0. The summed E-state index contributed by atoms with van der Waals surface area (Å²) in [6.45, 7) is 1.14. The van der Waals surface area contributed by atoms with Crippen molar-refractivity contribution in [1.82, 2.24) is 4.98 Å².